The highest BCUT2D eigenvalue weighted by Gasteiger charge is 2.25. The van der Waals surface area contributed by atoms with Crippen molar-refractivity contribution in [3.8, 4) is 11.1 Å². The van der Waals surface area contributed by atoms with Gasteiger partial charge in [0.15, 0.2) is 0 Å². The monoisotopic (exact) mass is 433 g/mol. The van der Waals surface area contributed by atoms with E-state index in [2.05, 4.69) is 5.32 Å². The summed E-state index contributed by atoms with van der Waals surface area (Å²) >= 11 is 13.3. The minimum absolute atomic E-state index is 0.238. The van der Waals surface area contributed by atoms with Gasteiger partial charge in [-0.2, -0.15) is 0 Å². The maximum atomic E-state index is 12.7. The van der Waals surface area contributed by atoms with Crippen LogP contribution in [0.25, 0.3) is 11.1 Å². The number of carbonyl (C=O) groups excluding carboxylic acids is 2. The summed E-state index contributed by atoms with van der Waals surface area (Å²) in [5.74, 6) is -0.861. The van der Waals surface area contributed by atoms with Gasteiger partial charge < -0.3 is 10.1 Å². The number of benzene rings is 2. The summed E-state index contributed by atoms with van der Waals surface area (Å²) in [7, 11) is 0. The van der Waals surface area contributed by atoms with E-state index in [1.807, 2.05) is 37.3 Å². The molecule has 0 aliphatic heterocycles. The van der Waals surface area contributed by atoms with Crippen molar-refractivity contribution in [1.29, 1.82) is 0 Å². The number of hydrogen-bond donors (Lipinski definition) is 1. The van der Waals surface area contributed by atoms with E-state index >= 15 is 0 Å². The number of hydrogen-bond acceptors (Lipinski definition) is 4. The molecule has 0 atom stereocenters. The molecule has 7 heteroatoms. The van der Waals surface area contributed by atoms with Crippen LogP contribution >= 0.6 is 34.5 Å². The number of nitrogens with one attached hydrogen (secondary N) is 1. The van der Waals surface area contributed by atoms with Gasteiger partial charge in [0, 0.05) is 16.0 Å². The SMILES string of the molecule is CCOC(=O)c1c(NC(=O)c2ccc(Cl)c(Cl)c2)sc(C)c1-c1ccccc1. The fourth-order valence-corrected chi connectivity index (χ4v) is 4.15. The van der Waals surface area contributed by atoms with Gasteiger partial charge in [-0.1, -0.05) is 53.5 Å². The highest BCUT2D eigenvalue weighted by molar-refractivity contribution is 7.17. The number of ether oxygens (including phenoxy) is 1. The van der Waals surface area contributed by atoms with Crippen LogP contribution in [-0.2, 0) is 4.74 Å². The zero-order chi connectivity index (χ0) is 20.3. The minimum atomic E-state index is -0.477. The predicted octanol–water partition coefficient (Wildman–Crippen LogP) is 6.46. The molecule has 0 radical (unpaired) electrons. The van der Waals surface area contributed by atoms with E-state index in [1.165, 1.54) is 17.4 Å². The molecule has 1 aromatic heterocycles. The fourth-order valence-electron chi connectivity index (χ4n) is 2.80. The molecule has 0 saturated heterocycles. The molecule has 1 heterocycles. The Hall–Kier alpha value is -2.34. The summed E-state index contributed by atoms with van der Waals surface area (Å²) in [5.41, 5.74) is 2.34. The van der Waals surface area contributed by atoms with Gasteiger partial charge in [0.25, 0.3) is 5.91 Å². The molecule has 144 valence electrons. The Morgan fingerprint density at radius 3 is 2.43 bits per heavy atom. The van der Waals surface area contributed by atoms with Crippen LogP contribution in [-0.4, -0.2) is 18.5 Å². The number of amides is 1. The van der Waals surface area contributed by atoms with Crippen LogP contribution in [0, 0.1) is 6.92 Å². The average molecular weight is 434 g/mol. The Bertz CT molecular complexity index is 1030. The van der Waals surface area contributed by atoms with Crippen molar-refractivity contribution in [3.05, 3.63) is 74.6 Å². The maximum absolute atomic E-state index is 12.7. The molecule has 0 aliphatic carbocycles. The Morgan fingerprint density at radius 1 is 1.07 bits per heavy atom. The number of thiophene rings is 1. The molecule has 0 bridgehead atoms. The van der Waals surface area contributed by atoms with E-state index in [4.69, 9.17) is 27.9 Å². The lowest BCUT2D eigenvalue weighted by Gasteiger charge is -2.09. The predicted molar refractivity (Wildman–Crippen MR) is 115 cm³/mol. The van der Waals surface area contributed by atoms with Gasteiger partial charge in [-0.15, -0.1) is 11.3 Å². The third-order valence-electron chi connectivity index (χ3n) is 4.04. The summed E-state index contributed by atoms with van der Waals surface area (Å²) in [4.78, 5) is 26.3. The van der Waals surface area contributed by atoms with E-state index < -0.39 is 5.97 Å². The summed E-state index contributed by atoms with van der Waals surface area (Å²) < 4.78 is 5.24. The molecule has 0 spiro atoms. The smallest absolute Gasteiger partial charge is 0.341 e. The second-order valence-electron chi connectivity index (χ2n) is 5.91. The second-order valence-corrected chi connectivity index (χ2v) is 7.95. The largest absolute Gasteiger partial charge is 0.462 e. The van der Waals surface area contributed by atoms with E-state index in [1.54, 1.807) is 19.1 Å². The Balaban J connectivity index is 2.04. The first-order valence-electron chi connectivity index (χ1n) is 8.54. The molecule has 3 aromatic rings. The summed E-state index contributed by atoms with van der Waals surface area (Å²) in [5, 5.41) is 3.91. The number of esters is 1. The van der Waals surface area contributed by atoms with Gasteiger partial charge >= 0.3 is 5.97 Å². The number of halogens is 2. The first-order valence-corrected chi connectivity index (χ1v) is 10.1. The van der Waals surface area contributed by atoms with Gasteiger partial charge in [-0.25, -0.2) is 4.79 Å². The Kier molecular flexibility index (Phi) is 6.39. The molecule has 1 N–H and O–H groups in total. The van der Waals surface area contributed by atoms with Gasteiger partial charge in [0.05, 0.1) is 16.7 Å². The fraction of sp³-hybridized carbons (Fsp3) is 0.143. The Morgan fingerprint density at radius 2 is 1.79 bits per heavy atom. The van der Waals surface area contributed by atoms with Crippen molar-refractivity contribution in [1.82, 2.24) is 0 Å². The normalized spacial score (nSPS) is 10.6. The molecule has 3 rings (SSSR count). The van der Waals surface area contributed by atoms with Crippen molar-refractivity contribution in [3.63, 3.8) is 0 Å². The second kappa shape index (κ2) is 8.78. The van der Waals surface area contributed by atoms with Crippen LogP contribution in [0.4, 0.5) is 5.00 Å². The van der Waals surface area contributed by atoms with Crippen molar-refractivity contribution >= 4 is 51.4 Å². The maximum Gasteiger partial charge on any atom is 0.341 e. The van der Waals surface area contributed by atoms with E-state index in [-0.39, 0.29) is 17.5 Å². The number of carbonyl (C=O) groups is 2. The molecule has 28 heavy (non-hydrogen) atoms. The summed E-state index contributed by atoms with van der Waals surface area (Å²) in [6, 6.07) is 14.2. The van der Waals surface area contributed by atoms with E-state index in [0.29, 0.717) is 21.2 Å². The highest BCUT2D eigenvalue weighted by Crippen LogP contribution is 2.40. The third-order valence-corrected chi connectivity index (χ3v) is 5.79. The molecular formula is C21H17Cl2NO3S. The van der Waals surface area contributed by atoms with Crippen molar-refractivity contribution < 1.29 is 14.3 Å². The zero-order valence-corrected chi connectivity index (χ0v) is 17.5. The van der Waals surface area contributed by atoms with Gasteiger partial charge in [-0.05, 0) is 37.6 Å². The van der Waals surface area contributed by atoms with Crippen LogP contribution < -0.4 is 5.32 Å². The van der Waals surface area contributed by atoms with Crippen LogP contribution in [0.3, 0.4) is 0 Å². The average Bonchev–Trinajstić information content (AvgIpc) is 3.00. The number of aryl methyl sites for hydroxylation is 1. The van der Waals surface area contributed by atoms with Crippen LogP contribution in [0.1, 0.15) is 32.5 Å². The third kappa shape index (κ3) is 4.22. The molecular weight excluding hydrogens is 417 g/mol. The van der Waals surface area contributed by atoms with Crippen LogP contribution in [0.2, 0.25) is 10.0 Å². The Labute approximate surface area is 177 Å². The first-order chi connectivity index (χ1) is 13.4. The molecule has 0 aliphatic rings. The van der Waals surface area contributed by atoms with Gasteiger partial charge in [0.2, 0.25) is 0 Å². The minimum Gasteiger partial charge on any atom is -0.462 e. The number of rotatable bonds is 5. The van der Waals surface area contributed by atoms with Crippen LogP contribution in [0.5, 0.6) is 0 Å². The van der Waals surface area contributed by atoms with Crippen molar-refractivity contribution in [2.24, 2.45) is 0 Å². The molecule has 0 saturated carbocycles. The van der Waals surface area contributed by atoms with Gasteiger partial charge in [0.1, 0.15) is 10.6 Å². The quantitative estimate of drug-likeness (QED) is 0.469. The van der Waals surface area contributed by atoms with E-state index in [0.717, 1.165) is 16.0 Å². The molecule has 0 unspecified atom stereocenters. The summed E-state index contributed by atoms with van der Waals surface area (Å²) in [6.45, 7) is 3.89. The molecule has 4 nitrogen and oxygen atoms in total. The highest BCUT2D eigenvalue weighted by atomic mass is 35.5. The van der Waals surface area contributed by atoms with Crippen molar-refractivity contribution in [2.75, 3.05) is 11.9 Å². The standard InChI is InChI=1S/C21H17Cl2NO3S/c1-3-27-21(26)18-17(13-7-5-4-6-8-13)12(2)28-20(18)24-19(25)14-9-10-15(22)16(23)11-14/h4-11H,3H2,1-2H3,(H,24,25). The van der Waals surface area contributed by atoms with Crippen molar-refractivity contribution in [2.45, 2.75) is 13.8 Å². The molecule has 2 aromatic carbocycles. The lowest BCUT2D eigenvalue weighted by molar-refractivity contribution is 0.0529. The summed E-state index contributed by atoms with van der Waals surface area (Å²) in [6.07, 6.45) is 0. The molecule has 0 fully saturated rings. The van der Waals surface area contributed by atoms with Gasteiger partial charge in [-0.3, -0.25) is 4.79 Å². The van der Waals surface area contributed by atoms with Crippen LogP contribution in [0.15, 0.2) is 48.5 Å². The first kappa shape index (κ1) is 20.4. The number of anilines is 1. The topological polar surface area (TPSA) is 55.4 Å². The lowest BCUT2D eigenvalue weighted by Crippen LogP contribution is -2.14. The zero-order valence-electron chi connectivity index (χ0n) is 15.2. The molecule has 1 amide bonds. The lowest BCUT2D eigenvalue weighted by atomic mass is 10.0. The van der Waals surface area contributed by atoms with E-state index in [9.17, 15) is 9.59 Å².